The van der Waals surface area contributed by atoms with Crippen LogP contribution in [0.3, 0.4) is 0 Å². The third-order valence-electron chi connectivity index (χ3n) is 11.6. The molecule has 1 atom stereocenters. The normalized spacial score (nSPS) is 12.4. The van der Waals surface area contributed by atoms with Crippen molar-refractivity contribution < 1.29 is 4.57 Å². The summed E-state index contributed by atoms with van der Waals surface area (Å²) in [6.07, 6.45) is 59.1. The number of hydrogen-bond acceptors (Lipinski definition) is 0. The predicted molar refractivity (Wildman–Crippen MR) is 221 cm³/mol. The van der Waals surface area contributed by atoms with Crippen LogP contribution < -0.4 is 4.57 Å². The second kappa shape index (κ2) is 37.0. The van der Waals surface area contributed by atoms with Gasteiger partial charge in [-0.05, 0) is 32.6 Å². The number of aromatic amines is 1. The molecule has 0 saturated heterocycles. The maximum Gasteiger partial charge on any atom is 0.257 e. The molecule has 0 radical (unpaired) electrons. The minimum atomic E-state index is 0.617. The lowest BCUT2D eigenvalue weighted by atomic mass is 9.92. The fourth-order valence-corrected chi connectivity index (χ4v) is 8.20. The maximum absolute atomic E-state index is 3.78. The van der Waals surface area contributed by atoms with E-state index in [1.54, 1.807) is 5.82 Å². The Labute approximate surface area is 310 Å². The molecule has 0 amide bonds. The van der Waals surface area contributed by atoms with E-state index in [9.17, 15) is 0 Å². The zero-order valence-electron chi connectivity index (χ0n) is 34.6. The Balaban J connectivity index is 2.38. The van der Waals surface area contributed by atoms with E-state index in [2.05, 4.69) is 49.6 Å². The van der Waals surface area contributed by atoms with Crippen molar-refractivity contribution in [2.75, 3.05) is 0 Å². The molecule has 0 aromatic carbocycles. The molecule has 2 nitrogen and oxygen atoms in total. The first-order chi connectivity index (χ1) is 24.2. The van der Waals surface area contributed by atoms with E-state index >= 15 is 0 Å². The van der Waals surface area contributed by atoms with Crippen LogP contribution >= 0.6 is 0 Å². The summed E-state index contributed by atoms with van der Waals surface area (Å²) in [6, 6.07) is 0.617. The summed E-state index contributed by atoms with van der Waals surface area (Å²) in [5.41, 5.74) is 0. The third kappa shape index (κ3) is 28.5. The molecule has 0 bridgehead atoms. The van der Waals surface area contributed by atoms with Crippen molar-refractivity contribution >= 4 is 0 Å². The molecule has 0 aliphatic carbocycles. The number of rotatable bonds is 40. The van der Waals surface area contributed by atoms with Crippen LogP contribution in [0, 0.1) is 0 Å². The topological polar surface area (TPSA) is 19.7 Å². The van der Waals surface area contributed by atoms with Crippen molar-refractivity contribution in [2.45, 2.75) is 284 Å². The first-order valence-electron chi connectivity index (χ1n) is 23.3. The minimum Gasteiger partial charge on any atom is -0.247 e. The summed E-state index contributed by atoms with van der Waals surface area (Å²) < 4.78 is 2.66. The Morgan fingerprint density at radius 1 is 0.388 bits per heavy atom. The SMILES string of the molecule is CCCCCCCCCCCCCCCC(C)[n+]1cc[nH]c1C(CCCCCCCCCCCCC)CCCCCCCCCCCCC. The maximum atomic E-state index is 3.78. The van der Waals surface area contributed by atoms with Crippen molar-refractivity contribution in [3.05, 3.63) is 18.2 Å². The molecule has 290 valence electrons. The van der Waals surface area contributed by atoms with Gasteiger partial charge in [-0.25, -0.2) is 9.55 Å². The highest BCUT2D eigenvalue weighted by atomic mass is 15.1. The highest BCUT2D eigenvalue weighted by Gasteiger charge is 2.25. The number of nitrogens with one attached hydrogen (secondary N) is 1. The highest BCUT2D eigenvalue weighted by molar-refractivity contribution is 4.90. The van der Waals surface area contributed by atoms with Gasteiger partial charge in [0.25, 0.3) is 5.82 Å². The summed E-state index contributed by atoms with van der Waals surface area (Å²) >= 11 is 0. The lowest BCUT2D eigenvalue weighted by Crippen LogP contribution is -2.41. The van der Waals surface area contributed by atoms with Crippen molar-refractivity contribution in [3.8, 4) is 0 Å². The van der Waals surface area contributed by atoms with Gasteiger partial charge in [0.15, 0.2) is 0 Å². The van der Waals surface area contributed by atoms with E-state index in [0.717, 1.165) is 0 Å². The molecule has 1 unspecified atom stereocenters. The van der Waals surface area contributed by atoms with E-state index in [4.69, 9.17) is 0 Å². The van der Waals surface area contributed by atoms with Crippen molar-refractivity contribution in [3.63, 3.8) is 0 Å². The molecule has 0 fully saturated rings. The molecule has 1 N–H and O–H groups in total. The molecule has 1 aromatic rings. The first-order valence-corrected chi connectivity index (χ1v) is 23.3. The van der Waals surface area contributed by atoms with E-state index in [-0.39, 0.29) is 0 Å². The number of H-pyrrole nitrogens is 1. The van der Waals surface area contributed by atoms with Crippen molar-refractivity contribution in [2.24, 2.45) is 0 Å². The molecule has 49 heavy (non-hydrogen) atoms. The summed E-state index contributed by atoms with van der Waals surface area (Å²) in [4.78, 5) is 3.78. The Hall–Kier alpha value is -0.790. The van der Waals surface area contributed by atoms with Crippen molar-refractivity contribution in [1.29, 1.82) is 0 Å². The zero-order chi connectivity index (χ0) is 35.3. The van der Waals surface area contributed by atoms with Gasteiger partial charge < -0.3 is 0 Å². The lowest BCUT2D eigenvalue weighted by molar-refractivity contribution is -0.727. The van der Waals surface area contributed by atoms with E-state index in [0.29, 0.717) is 12.0 Å². The van der Waals surface area contributed by atoms with Gasteiger partial charge in [0.1, 0.15) is 12.4 Å². The Morgan fingerprint density at radius 3 is 0.959 bits per heavy atom. The molecule has 1 rings (SSSR count). The van der Waals surface area contributed by atoms with Crippen LogP contribution in [0.5, 0.6) is 0 Å². The molecule has 2 heteroatoms. The molecule has 1 aromatic heterocycles. The number of nitrogens with zero attached hydrogens (tertiary/aromatic N) is 1. The van der Waals surface area contributed by atoms with Gasteiger partial charge in [-0.15, -0.1) is 0 Å². The molecule has 0 spiro atoms. The summed E-state index contributed by atoms with van der Waals surface area (Å²) in [5.74, 6) is 2.25. The van der Waals surface area contributed by atoms with Gasteiger partial charge in [0.2, 0.25) is 0 Å². The molecule has 0 aliphatic rings. The molecule has 0 saturated carbocycles. The van der Waals surface area contributed by atoms with Crippen LogP contribution in [0.4, 0.5) is 0 Å². The van der Waals surface area contributed by atoms with Gasteiger partial charge in [-0.1, -0.05) is 239 Å². The predicted octanol–water partition coefficient (Wildman–Crippen LogP) is 16.8. The van der Waals surface area contributed by atoms with Crippen LogP contribution in [0.25, 0.3) is 0 Å². The zero-order valence-corrected chi connectivity index (χ0v) is 34.6. The van der Waals surface area contributed by atoms with Gasteiger partial charge in [-0.3, -0.25) is 0 Å². The monoisotopic (exact) mass is 686 g/mol. The lowest BCUT2D eigenvalue weighted by Gasteiger charge is -2.17. The van der Waals surface area contributed by atoms with E-state index in [1.807, 2.05) is 0 Å². The van der Waals surface area contributed by atoms with Crippen LogP contribution in [-0.4, -0.2) is 4.98 Å². The van der Waals surface area contributed by atoms with Crippen LogP contribution in [0.15, 0.2) is 12.4 Å². The minimum absolute atomic E-state index is 0.617. The fourth-order valence-electron chi connectivity index (χ4n) is 8.20. The van der Waals surface area contributed by atoms with Crippen LogP contribution in [0.1, 0.15) is 289 Å². The molecule has 1 heterocycles. The molecule has 0 aliphatic heterocycles. The Morgan fingerprint density at radius 2 is 0.653 bits per heavy atom. The largest absolute Gasteiger partial charge is 0.257 e. The summed E-state index contributed by atoms with van der Waals surface area (Å²) in [7, 11) is 0. The summed E-state index contributed by atoms with van der Waals surface area (Å²) in [6.45, 7) is 9.44. The average molecular weight is 686 g/mol. The Kier molecular flexibility index (Phi) is 34.9. The van der Waals surface area contributed by atoms with Crippen LogP contribution in [0.2, 0.25) is 0 Å². The number of hydrogen-bond donors (Lipinski definition) is 1. The van der Waals surface area contributed by atoms with E-state index < -0.39 is 0 Å². The van der Waals surface area contributed by atoms with Crippen molar-refractivity contribution in [1.82, 2.24) is 4.98 Å². The van der Waals surface area contributed by atoms with Gasteiger partial charge in [0, 0.05) is 0 Å². The fraction of sp³-hybridized carbons (Fsp3) is 0.936. The standard InChI is InChI=1S/C47H92N2/c1-5-8-11-14-17-20-23-24-27-28-31-34-37-40-45(4)49-44-43-48-47(49)46(41-38-35-32-29-25-21-18-15-12-9-6-2)42-39-36-33-30-26-22-19-16-13-10-7-3/h43-46H,5-42H2,1-4H3/p+1. The smallest absolute Gasteiger partial charge is 0.247 e. The summed E-state index contributed by atoms with van der Waals surface area (Å²) in [5, 5.41) is 0. The molecular formula is C47H93N2+. The molecular weight excluding hydrogens is 593 g/mol. The number of imidazole rings is 1. The van der Waals surface area contributed by atoms with Gasteiger partial charge >= 0.3 is 0 Å². The van der Waals surface area contributed by atoms with Crippen LogP contribution in [-0.2, 0) is 0 Å². The van der Waals surface area contributed by atoms with Gasteiger partial charge in [-0.2, -0.15) is 0 Å². The second-order valence-electron chi connectivity index (χ2n) is 16.5. The van der Waals surface area contributed by atoms with Gasteiger partial charge in [0.05, 0.1) is 12.0 Å². The highest BCUT2D eigenvalue weighted by Crippen LogP contribution is 2.28. The number of aromatic nitrogens is 2. The second-order valence-corrected chi connectivity index (χ2v) is 16.5. The quantitative estimate of drug-likeness (QED) is 0.0524. The third-order valence-corrected chi connectivity index (χ3v) is 11.6. The average Bonchev–Trinajstić information content (AvgIpc) is 3.60. The Bertz CT molecular complexity index is 727. The number of unbranched alkanes of at least 4 members (excludes halogenated alkanes) is 32. The first kappa shape index (κ1) is 46.2. The van der Waals surface area contributed by atoms with E-state index in [1.165, 1.54) is 244 Å².